The molecular formula is C8H11FN2. The molecule has 0 unspecified atom stereocenters. The van der Waals surface area contributed by atoms with Crippen molar-refractivity contribution in [3.63, 3.8) is 0 Å². The molecule has 1 aromatic heterocycles. The minimum Gasteiger partial charge on any atom is -0.330 e. The third-order valence-corrected chi connectivity index (χ3v) is 1.49. The third-order valence-electron chi connectivity index (χ3n) is 1.49. The van der Waals surface area contributed by atoms with E-state index in [9.17, 15) is 4.39 Å². The summed E-state index contributed by atoms with van der Waals surface area (Å²) in [5, 5.41) is 0. The summed E-state index contributed by atoms with van der Waals surface area (Å²) in [4.78, 5) is 3.82. The average Bonchev–Trinajstić information content (AvgIpc) is 2.03. The van der Waals surface area contributed by atoms with Crippen LogP contribution in [0.4, 0.5) is 4.39 Å². The van der Waals surface area contributed by atoms with E-state index in [1.807, 2.05) is 0 Å². The quantitative estimate of drug-likeness (QED) is 0.708. The Bertz CT molecular complexity index is 225. The minimum absolute atomic E-state index is 0.187. The molecule has 1 heterocycles. The SMILES string of the molecule is NCCCc1cnccc1F. The number of aromatic nitrogens is 1. The van der Waals surface area contributed by atoms with E-state index in [1.165, 1.54) is 12.3 Å². The number of halogens is 1. The van der Waals surface area contributed by atoms with Crippen molar-refractivity contribution in [3.05, 3.63) is 29.8 Å². The van der Waals surface area contributed by atoms with Crippen LogP contribution in [0.5, 0.6) is 0 Å². The lowest BCUT2D eigenvalue weighted by atomic mass is 10.1. The number of aryl methyl sites for hydroxylation is 1. The van der Waals surface area contributed by atoms with Gasteiger partial charge in [0.15, 0.2) is 0 Å². The fourth-order valence-corrected chi connectivity index (χ4v) is 0.887. The topological polar surface area (TPSA) is 38.9 Å². The van der Waals surface area contributed by atoms with Gasteiger partial charge in [-0.05, 0) is 25.5 Å². The van der Waals surface area contributed by atoms with Crippen LogP contribution in [0.1, 0.15) is 12.0 Å². The van der Waals surface area contributed by atoms with E-state index in [2.05, 4.69) is 4.98 Å². The first-order valence-electron chi connectivity index (χ1n) is 3.63. The summed E-state index contributed by atoms with van der Waals surface area (Å²) < 4.78 is 12.8. The van der Waals surface area contributed by atoms with Crippen LogP contribution >= 0.6 is 0 Å². The maximum absolute atomic E-state index is 12.8. The lowest BCUT2D eigenvalue weighted by Gasteiger charge is -1.98. The van der Waals surface area contributed by atoms with E-state index < -0.39 is 0 Å². The van der Waals surface area contributed by atoms with Gasteiger partial charge in [0.2, 0.25) is 0 Å². The van der Waals surface area contributed by atoms with Gasteiger partial charge in [-0.3, -0.25) is 4.98 Å². The molecule has 2 nitrogen and oxygen atoms in total. The van der Waals surface area contributed by atoms with Gasteiger partial charge in [-0.15, -0.1) is 0 Å². The first kappa shape index (κ1) is 8.14. The van der Waals surface area contributed by atoms with Gasteiger partial charge in [0, 0.05) is 18.0 Å². The minimum atomic E-state index is -0.187. The number of hydrogen-bond donors (Lipinski definition) is 1. The van der Waals surface area contributed by atoms with Gasteiger partial charge in [-0.1, -0.05) is 0 Å². The molecule has 0 saturated heterocycles. The molecule has 0 aromatic carbocycles. The van der Waals surface area contributed by atoms with Crippen LogP contribution < -0.4 is 5.73 Å². The number of rotatable bonds is 3. The highest BCUT2D eigenvalue weighted by molar-refractivity contribution is 5.11. The third kappa shape index (κ3) is 2.27. The number of nitrogens with two attached hydrogens (primary N) is 1. The average molecular weight is 154 g/mol. The van der Waals surface area contributed by atoms with Crippen molar-refractivity contribution in [2.24, 2.45) is 5.73 Å². The van der Waals surface area contributed by atoms with Gasteiger partial charge in [-0.2, -0.15) is 0 Å². The van der Waals surface area contributed by atoms with Crippen molar-refractivity contribution in [2.45, 2.75) is 12.8 Å². The van der Waals surface area contributed by atoms with E-state index in [0.29, 0.717) is 18.5 Å². The molecule has 0 aliphatic carbocycles. The molecule has 0 aliphatic heterocycles. The summed E-state index contributed by atoms with van der Waals surface area (Å²) in [6.45, 7) is 0.592. The zero-order valence-electron chi connectivity index (χ0n) is 6.26. The molecule has 0 atom stereocenters. The van der Waals surface area contributed by atoms with Crippen LogP contribution in [0.2, 0.25) is 0 Å². The van der Waals surface area contributed by atoms with E-state index >= 15 is 0 Å². The maximum Gasteiger partial charge on any atom is 0.129 e. The fraction of sp³-hybridized carbons (Fsp3) is 0.375. The lowest BCUT2D eigenvalue weighted by Crippen LogP contribution is -2.01. The predicted octanol–water partition coefficient (Wildman–Crippen LogP) is 1.11. The van der Waals surface area contributed by atoms with Crippen molar-refractivity contribution >= 4 is 0 Å². The monoisotopic (exact) mass is 154 g/mol. The molecule has 0 aliphatic rings. The van der Waals surface area contributed by atoms with Crippen molar-refractivity contribution < 1.29 is 4.39 Å². The summed E-state index contributed by atoms with van der Waals surface area (Å²) in [6.07, 6.45) is 4.48. The number of hydrogen-bond acceptors (Lipinski definition) is 2. The highest BCUT2D eigenvalue weighted by atomic mass is 19.1. The standard InChI is InChI=1S/C8H11FN2/c9-8-3-5-11-6-7(8)2-1-4-10/h3,5-6H,1-2,4,10H2. The Labute approximate surface area is 65.3 Å². The number of pyridine rings is 1. The van der Waals surface area contributed by atoms with E-state index in [-0.39, 0.29) is 5.82 Å². The zero-order chi connectivity index (χ0) is 8.10. The first-order valence-corrected chi connectivity index (χ1v) is 3.63. The van der Waals surface area contributed by atoms with E-state index in [1.54, 1.807) is 6.20 Å². The van der Waals surface area contributed by atoms with Crippen LogP contribution in [-0.2, 0) is 6.42 Å². The Morgan fingerprint density at radius 3 is 3.00 bits per heavy atom. The highest BCUT2D eigenvalue weighted by Crippen LogP contribution is 2.05. The van der Waals surface area contributed by atoms with Crippen LogP contribution in [-0.4, -0.2) is 11.5 Å². The normalized spacial score (nSPS) is 10.0. The maximum atomic E-state index is 12.8. The molecule has 1 aromatic rings. The molecule has 0 spiro atoms. The molecule has 0 radical (unpaired) electrons. The van der Waals surface area contributed by atoms with Gasteiger partial charge in [-0.25, -0.2) is 4.39 Å². The lowest BCUT2D eigenvalue weighted by molar-refractivity contribution is 0.602. The van der Waals surface area contributed by atoms with Gasteiger partial charge in [0.1, 0.15) is 5.82 Å². The molecule has 0 fully saturated rings. The second-order valence-corrected chi connectivity index (χ2v) is 2.36. The molecular weight excluding hydrogens is 143 g/mol. The fourth-order valence-electron chi connectivity index (χ4n) is 0.887. The molecule has 2 N–H and O–H groups in total. The zero-order valence-corrected chi connectivity index (χ0v) is 6.26. The Hall–Kier alpha value is -0.960. The molecule has 3 heteroatoms. The predicted molar refractivity (Wildman–Crippen MR) is 41.6 cm³/mol. The van der Waals surface area contributed by atoms with Crippen LogP contribution in [0.25, 0.3) is 0 Å². The Balaban J connectivity index is 2.62. The Morgan fingerprint density at radius 2 is 2.36 bits per heavy atom. The molecule has 0 bridgehead atoms. The summed E-state index contributed by atoms with van der Waals surface area (Å²) in [5.74, 6) is -0.187. The van der Waals surface area contributed by atoms with Gasteiger partial charge in [0.05, 0.1) is 0 Å². The van der Waals surface area contributed by atoms with Crippen LogP contribution in [0.15, 0.2) is 18.5 Å². The molecule has 0 amide bonds. The van der Waals surface area contributed by atoms with Crippen LogP contribution in [0, 0.1) is 5.82 Å². The molecule has 0 saturated carbocycles. The Kier molecular flexibility index (Phi) is 2.98. The van der Waals surface area contributed by atoms with Crippen molar-refractivity contribution in [3.8, 4) is 0 Å². The molecule has 11 heavy (non-hydrogen) atoms. The summed E-state index contributed by atoms with van der Waals surface area (Å²) in [7, 11) is 0. The van der Waals surface area contributed by atoms with Crippen LogP contribution in [0.3, 0.4) is 0 Å². The van der Waals surface area contributed by atoms with E-state index in [0.717, 1.165) is 6.42 Å². The summed E-state index contributed by atoms with van der Waals surface area (Å²) >= 11 is 0. The van der Waals surface area contributed by atoms with Crippen molar-refractivity contribution in [2.75, 3.05) is 6.54 Å². The second-order valence-electron chi connectivity index (χ2n) is 2.36. The first-order chi connectivity index (χ1) is 5.34. The largest absolute Gasteiger partial charge is 0.330 e. The second kappa shape index (κ2) is 4.03. The van der Waals surface area contributed by atoms with Crippen molar-refractivity contribution in [1.29, 1.82) is 0 Å². The molecule has 1 rings (SSSR count). The van der Waals surface area contributed by atoms with Crippen molar-refractivity contribution in [1.82, 2.24) is 4.98 Å². The smallest absolute Gasteiger partial charge is 0.129 e. The summed E-state index contributed by atoms with van der Waals surface area (Å²) in [6, 6.07) is 1.37. The number of nitrogens with zero attached hydrogens (tertiary/aromatic N) is 1. The van der Waals surface area contributed by atoms with Gasteiger partial charge >= 0.3 is 0 Å². The van der Waals surface area contributed by atoms with E-state index in [4.69, 9.17) is 5.73 Å². The Morgan fingerprint density at radius 1 is 1.55 bits per heavy atom. The molecule has 60 valence electrons. The highest BCUT2D eigenvalue weighted by Gasteiger charge is 1.98. The van der Waals surface area contributed by atoms with Gasteiger partial charge < -0.3 is 5.73 Å². The summed E-state index contributed by atoms with van der Waals surface area (Å²) in [5.41, 5.74) is 5.93. The van der Waals surface area contributed by atoms with Gasteiger partial charge in [0.25, 0.3) is 0 Å².